The lowest BCUT2D eigenvalue weighted by Crippen LogP contribution is -2.20. The SMILES string of the molecule is Cn1nc(-c2ccc(Cl)c(Cl)c2)n(C)c1=O. The lowest BCUT2D eigenvalue weighted by molar-refractivity contribution is 0.714. The van der Waals surface area contributed by atoms with Crippen LogP contribution in [-0.2, 0) is 14.1 Å². The summed E-state index contributed by atoms with van der Waals surface area (Å²) in [5.41, 5.74) is 0.579. The zero-order chi connectivity index (χ0) is 11.9. The molecule has 4 nitrogen and oxygen atoms in total. The van der Waals surface area contributed by atoms with Gasteiger partial charge in [0.25, 0.3) is 0 Å². The summed E-state index contributed by atoms with van der Waals surface area (Å²) in [6.45, 7) is 0. The second-order valence-corrected chi connectivity index (χ2v) is 4.23. The third kappa shape index (κ3) is 1.74. The van der Waals surface area contributed by atoms with Crippen molar-refractivity contribution < 1.29 is 0 Å². The van der Waals surface area contributed by atoms with Crippen molar-refractivity contribution in [1.29, 1.82) is 0 Å². The number of rotatable bonds is 1. The average Bonchev–Trinajstić information content (AvgIpc) is 2.50. The molecule has 0 amide bonds. The molecule has 0 spiro atoms. The molecule has 0 unspecified atom stereocenters. The number of hydrogen-bond acceptors (Lipinski definition) is 2. The molecule has 84 valence electrons. The summed E-state index contributed by atoms with van der Waals surface area (Å²) in [4.78, 5) is 11.5. The van der Waals surface area contributed by atoms with Gasteiger partial charge in [0.05, 0.1) is 10.0 Å². The molecule has 0 N–H and O–H groups in total. The Kier molecular flexibility index (Phi) is 2.78. The summed E-state index contributed by atoms with van der Waals surface area (Å²) >= 11 is 11.7. The zero-order valence-electron chi connectivity index (χ0n) is 8.74. The summed E-state index contributed by atoms with van der Waals surface area (Å²) < 4.78 is 2.73. The number of halogens is 2. The molecule has 1 aromatic heterocycles. The van der Waals surface area contributed by atoms with E-state index < -0.39 is 0 Å². The molecule has 6 heteroatoms. The van der Waals surface area contributed by atoms with Crippen molar-refractivity contribution in [2.24, 2.45) is 14.1 Å². The van der Waals surface area contributed by atoms with Gasteiger partial charge in [-0.3, -0.25) is 4.57 Å². The lowest BCUT2D eigenvalue weighted by atomic mass is 10.2. The molecule has 0 aliphatic carbocycles. The maximum absolute atomic E-state index is 11.5. The largest absolute Gasteiger partial charge is 0.345 e. The van der Waals surface area contributed by atoms with Crippen LogP contribution in [0.15, 0.2) is 23.0 Å². The van der Waals surface area contributed by atoms with Gasteiger partial charge < -0.3 is 0 Å². The molecule has 0 saturated heterocycles. The zero-order valence-corrected chi connectivity index (χ0v) is 10.2. The normalized spacial score (nSPS) is 10.8. The highest BCUT2D eigenvalue weighted by molar-refractivity contribution is 6.42. The molecule has 16 heavy (non-hydrogen) atoms. The van der Waals surface area contributed by atoms with Gasteiger partial charge in [0, 0.05) is 19.7 Å². The Morgan fingerprint density at radius 3 is 2.38 bits per heavy atom. The third-order valence-corrected chi connectivity index (χ3v) is 3.04. The molecule has 0 radical (unpaired) electrons. The Labute approximate surface area is 102 Å². The molecule has 2 aromatic rings. The van der Waals surface area contributed by atoms with Crippen molar-refractivity contribution in [3.8, 4) is 11.4 Å². The fraction of sp³-hybridized carbons (Fsp3) is 0.200. The van der Waals surface area contributed by atoms with E-state index in [1.807, 2.05) is 0 Å². The highest BCUT2D eigenvalue weighted by Gasteiger charge is 2.10. The van der Waals surface area contributed by atoms with E-state index in [0.29, 0.717) is 15.9 Å². The Morgan fingerprint density at radius 2 is 1.88 bits per heavy atom. The molecule has 0 fully saturated rings. The van der Waals surface area contributed by atoms with Crippen molar-refractivity contribution in [1.82, 2.24) is 14.3 Å². The number of benzene rings is 1. The van der Waals surface area contributed by atoms with Gasteiger partial charge in [0.1, 0.15) is 0 Å². The predicted molar refractivity (Wildman–Crippen MR) is 63.9 cm³/mol. The molecule has 0 saturated carbocycles. The molecular formula is C10H9Cl2N3O. The van der Waals surface area contributed by atoms with E-state index in [-0.39, 0.29) is 5.69 Å². The van der Waals surface area contributed by atoms with Crippen LogP contribution >= 0.6 is 23.2 Å². The first-order chi connectivity index (χ1) is 7.50. The van der Waals surface area contributed by atoms with Gasteiger partial charge >= 0.3 is 5.69 Å². The molecular weight excluding hydrogens is 249 g/mol. The van der Waals surface area contributed by atoms with Crippen LogP contribution in [0.2, 0.25) is 10.0 Å². The van der Waals surface area contributed by atoms with Crippen molar-refractivity contribution in [2.45, 2.75) is 0 Å². The van der Waals surface area contributed by atoms with Crippen LogP contribution in [-0.4, -0.2) is 14.3 Å². The standard InChI is InChI=1S/C10H9Cl2N3O/c1-14-9(13-15(2)10(14)16)6-3-4-7(11)8(12)5-6/h3-5H,1-2H3. The Morgan fingerprint density at radius 1 is 1.19 bits per heavy atom. The van der Waals surface area contributed by atoms with E-state index in [4.69, 9.17) is 23.2 Å². The molecule has 1 aromatic carbocycles. The minimum Gasteiger partial charge on any atom is -0.278 e. The number of hydrogen-bond donors (Lipinski definition) is 0. The van der Waals surface area contributed by atoms with Gasteiger partial charge in [-0.15, -0.1) is 5.10 Å². The van der Waals surface area contributed by atoms with Gasteiger partial charge in [0.15, 0.2) is 5.82 Å². The van der Waals surface area contributed by atoms with Crippen LogP contribution in [0.1, 0.15) is 0 Å². The van der Waals surface area contributed by atoms with Crippen LogP contribution in [0, 0.1) is 0 Å². The molecule has 1 heterocycles. The number of aryl methyl sites for hydroxylation is 1. The Hall–Kier alpha value is -1.26. The molecule has 0 bridgehead atoms. The Balaban J connectivity index is 2.63. The highest BCUT2D eigenvalue weighted by Crippen LogP contribution is 2.26. The van der Waals surface area contributed by atoms with Crippen LogP contribution in [0.25, 0.3) is 11.4 Å². The van der Waals surface area contributed by atoms with Crippen LogP contribution in [0.4, 0.5) is 0 Å². The molecule has 0 aliphatic heterocycles. The van der Waals surface area contributed by atoms with Crippen LogP contribution in [0.5, 0.6) is 0 Å². The topological polar surface area (TPSA) is 39.8 Å². The first kappa shape index (κ1) is 11.2. The predicted octanol–water partition coefficient (Wildman–Crippen LogP) is 2.09. The monoisotopic (exact) mass is 257 g/mol. The Bertz CT molecular complexity index is 601. The number of nitrogens with zero attached hydrogens (tertiary/aromatic N) is 3. The lowest BCUT2D eigenvalue weighted by Gasteiger charge is -2.01. The highest BCUT2D eigenvalue weighted by atomic mass is 35.5. The van der Waals surface area contributed by atoms with Gasteiger partial charge in [-0.1, -0.05) is 23.2 Å². The average molecular weight is 258 g/mol. The maximum Gasteiger partial charge on any atom is 0.345 e. The van der Waals surface area contributed by atoms with Crippen molar-refractivity contribution in [3.05, 3.63) is 38.7 Å². The minimum absolute atomic E-state index is 0.180. The second-order valence-electron chi connectivity index (χ2n) is 3.42. The molecule has 2 rings (SSSR count). The minimum atomic E-state index is -0.180. The summed E-state index contributed by atoms with van der Waals surface area (Å²) in [5.74, 6) is 0.561. The van der Waals surface area contributed by atoms with Gasteiger partial charge in [-0.05, 0) is 18.2 Å². The van der Waals surface area contributed by atoms with E-state index in [0.717, 1.165) is 5.56 Å². The van der Waals surface area contributed by atoms with Crippen molar-refractivity contribution in [2.75, 3.05) is 0 Å². The second kappa shape index (κ2) is 3.96. The van der Waals surface area contributed by atoms with Crippen molar-refractivity contribution in [3.63, 3.8) is 0 Å². The van der Waals surface area contributed by atoms with Gasteiger partial charge in [0.2, 0.25) is 0 Å². The smallest absolute Gasteiger partial charge is 0.278 e. The third-order valence-electron chi connectivity index (χ3n) is 2.30. The van der Waals surface area contributed by atoms with E-state index in [1.165, 1.54) is 9.25 Å². The first-order valence-electron chi connectivity index (χ1n) is 4.56. The summed E-state index contributed by atoms with van der Waals surface area (Å²) in [6.07, 6.45) is 0. The molecule has 0 atom stereocenters. The maximum atomic E-state index is 11.5. The summed E-state index contributed by atoms with van der Waals surface area (Å²) in [6, 6.07) is 5.14. The van der Waals surface area contributed by atoms with E-state index in [1.54, 1.807) is 32.3 Å². The van der Waals surface area contributed by atoms with Crippen LogP contribution < -0.4 is 5.69 Å². The number of aromatic nitrogens is 3. The van der Waals surface area contributed by atoms with Crippen LogP contribution in [0.3, 0.4) is 0 Å². The van der Waals surface area contributed by atoms with E-state index in [2.05, 4.69) is 5.10 Å². The summed E-state index contributed by atoms with van der Waals surface area (Å²) in [5, 5.41) is 5.04. The fourth-order valence-corrected chi connectivity index (χ4v) is 1.74. The fourth-order valence-electron chi connectivity index (χ4n) is 1.45. The van der Waals surface area contributed by atoms with Gasteiger partial charge in [-0.25, -0.2) is 9.48 Å². The first-order valence-corrected chi connectivity index (χ1v) is 5.31. The van der Waals surface area contributed by atoms with E-state index >= 15 is 0 Å². The summed E-state index contributed by atoms with van der Waals surface area (Å²) in [7, 11) is 3.26. The van der Waals surface area contributed by atoms with Crippen molar-refractivity contribution >= 4 is 23.2 Å². The molecule has 0 aliphatic rings. The van der Waals surface area contributed by atoms with E-state index in [9.17, 15) is 4.79 Å². The van der Waals surface area contributed by atoms with Gasteiger partial charge in [-0.2, -0.15) is 0 Å². The quantitative estimate of drug-likeness (QED) is 0.785.